The highest BCUT2D eigenvalue weighted by atomic mass is 19.1. The zero-order valence-corrected chi connectivity index (χ0v) is 12.1. The number of aromatic amines is 1. The number of carbonyl (C=O) groups excluding carboxylic acids is 1. The first-order valence-corrected chi connectivity index (χ1v) is 6.91. The molecular formula is C16H14FN3O3. The first-order valence-electron chi connectivity index (χ1n) is 6.91. The van der Waals surface area contributed by atoms with Gasteiger partial charge in [-0.2, -0.15) is 0 Å². The van der Waals surface area contributed by atoms with Crippen LogP contribution in [0, 0.1) is 5.82 Å². The molecule has 0 aliphatic carbocycles. The summed E-state index contributed by atoms with van der Waals surface area (Å²) in [7, 11) is 0. The summed E-state index contributed by atoms with van der Waals surface area (Å²) in [6, 6.07) is 11.3. The van der Waals surface area contributed by atoms with Crippen molar-refractivity contribution in [2.75, 3.05) is 0 Å². The van der Waals surface area contributed by atoms with E-state index >= 15 is 0 Å². The van der Waals surface area contributed by atoms with E-state index in [0.717, 1.165) is 11.1 Å². The number of hydrogen-bond donors (Lipinski definition) is 2. The van der Waals surface area contributed by atoms with Crippen molar-refractivity contribution in [2.24, 2.45) is 5.73 Å². The van der Waals surface area contributed by atoms with Gasteiger partial charge in [0.1, 0.15) is 12.4 Å². The average Bonchev–Trinajstić information content (AvgIpc) is 2.82. The van der Waals surface area contributed by atoms with Crippen molar-refractivity contribution in [3.63, 3.8) is 0 Å². The molecular weight excluding hydrogens is 301 g/mol. The third kappa shape index (κ3) is 3.23. The first-order chi connectivity index (χ1) is 11.0. The van der Waals surface area contributed by atoms with Gasteiger partial charge in [0.25, 0.3) is 0 Å². The van der Waals surface area contributed by atoms with Gasteiger partial charge in [-0.15, -0.1) is 0 Å². The van der Waals surface area contributed by atoms with Crippen LogP contribution in [0.3, 0.4) is 0 Å². The quantitative estimate of drug-likeness (QED) is 0.772. The lowest BCUT2D eigenvalue weighted by Gasteiger charge is -2.06. The molecule has 0 bridgehead atoms. The van der Waals surface area contributed by atoms with E-state index in [1.54, 1.807) is 12.1 Å². The lowest BCUT2D eigenvalue weighted by atomic mass is 10.1. The lowest BCUT2D eigenvalue weighted by Crippen LogP contribution is -2.17. The van der Waals surface area contributed by atoms with Gasteiger partial charge in [0.05, 0.1) is 17.6 Å². The summed E-state index contributed by atoms with van der Waals surface area (Å²) in [6.45, 7) is 0.396. The number of hydrogen-bond acceptors (Lipinski definition) is 3. The average molecular weight is 315 g/mol. The minimum atomic E-state index is -0.832. The molecule has 0 saturated carbocycles. The van der Waals surface area contributed by atoms with Crippen LogP contribution in [0.1, 0.15) is 11.1 Å². The molecule has 0 radical (unpaired) electrons. The number of ether oxygens (including phenoxy) is 1. The Morgan fingerprint density at radius 1 is 1.17 bits per heavy atom. The van der Waals surface area contributed by atoms with Crippen LogP contribution in [0.25, 0.3) is 11.0 Å². The summed E-state index contributed by atoms with van der Waals surface area (Å²) in [4.78, 5) is 25.3. The van der Waals surface area contributed by atoms with Crippen LogP contribution < -0.4 is 11.4 Å². The minimum absolute atomic E-state index is 0.0911. The second-order valence-corrected chi connectivity index (χ2v) is 5.10. The number of benzene rings is 2. The molecule has 1 heterocycles. The number of nitrogens with zero attached hydrogens (tertiary/aromatic N) is 1. The Kier molecular flexibility index (Phi) is 3.84. The molecule has 0 fully saturated rings. The van der Waals surface area contributed by atoms with Gasteiger partial charge in [0.15, 0.2) is 0 Å². The maximum absolute atomic E-state index is 13.4. The Bertz CT molecular complexity index is 912. The van der Waals surface area contributed by atoms with Crippen LogP contribution in [0.4, 0.5) is 9.18 Å². The van der Waals surface area contributed by atoms with Crippen LogP contribution in [0.5, 0.6) is 0 Å². The SMILES string of the molecule is NC(=O)OCc1ccc(Cn2c(=O)[nH]c3ccc(F)cc32)cc1. The van der Waals surface area contributed by atoms with Gasteiger partial charge in [0, 0.05) is 0 Å². The van der Waals surface area contributed by atoms with Crippen LogP contribution >= 0.6 is 0 Å². The summed E-state index contributed by atoms with van der Waals surface area (Å²) < 4.78 is 19.6. The van der Waals surface area contributed by atoms with Crippen molar-refractivity contribution in [1.82, 2.24) is 9.55 Å². The second-order valence-electron chi connectivity index (χ2n) is 5.10. The monoisotopic (exact) mass is 315 g/mol. The third-order valence-corrected chi connectivity index (χ3v) is 3.48. The van der Waals surface area contributed by atoms with Gasteiger partial charge >= 0.3 is 11.8 Å². The van der Waals surface area contributed by atoms with E-state index in [9.17, 15) is 14.0 Å². The molecule has 23 heavy (non-hydrogen) atoms. The van der Waals surface area contributed by atoms with Crippen molar-refractivity contribution in [3.8, 4) is 0 Å². The highest BCUT2D eigenvalue weighted by Gasteiger charge is 2.08. The molecule has 118 valence electrons. The fourth-order valence-electron chi connectivity index (χ4n) is 2.36. The molecule has 6 nitrogen and oxygen atoms in total. The van der Waals surface area contributed by atoms with Crippen molar-refractivity contribution >= 4 is 17.1 Å². The smallest absolute Gasteiger partial charge is 0.404 e. The summed E-state index contributed by atoms with van der Waals surface area (Å²) in [5.74, 6) is -0.399. The second kappa shape index (κ2) is 5.96. The van der Waals surface area contributed by atoms with E-state index < -0.39 is 11.9 Å². The predicted molar refractivity (Wildman–Crippen MR) is 82.4 cm³/mol. The number of imidazole rings is 1. The van der Waals surface area contributed by atoms with Gasteiger partial charge in [-0.3, -0.25) is 4.57 Å². The Morgan fingerprint density at radius 3 is 2.57 bits per heavy atom. The molecule has 3 N–H and O–H groups in total. The number of nitrogens with one attached hydrogen (secondary N) is 1. The fourth-order valence-corrected chi connectivity index (χ4v) is 2.36. The van der Waals surface area contributed by atoms with E-state index in [-0.39, 0.29) is 12.3 Å². The Balaban J connectivity index is 1.84. The maximum atomic E-state index is 13.4. The first kappa shape index (κ1) is 14.8. The van der Waals surface area contributed by atoms with Gasteiger partial charge in [-0.25, -0.2) is 14.0 Å². The van der Waals surface area contributed by atoms with Crippen LogP contribution in [-0.2, 0) is 17.9 Å². The van der Waals surface area contributed by atoms with E-state index in [1.807, 2.05) is 12.1 Å². The molecule has 0 aliphatic heterocycles. The summed E-state index contributed by atoms with van der Waals surface area (Å²) in [6.07, 6.45) is -0.832. The Hall–Kier alpha value is -3.09. The van der Waals surface area contributed by atoms with Crippen LogP contribution in [0.15, 0.2) is 47.3 Å². The highest BCUT2D eigenvalue weighted by molar-refractivity contribution is 5.75. The van der Waals surface area contributed by atoms with Gasteiger partial charge < -0.3 is 15.5 Å². The normalized spacial score (nSPS) is 10.8. The fraction of sp³-hybridized carbons (Fsp3) is 0.125. The molecule has 7 heteroatoms. The van der Waals surface area contributed by atoms with E-state index in [0.29, 0.717) is 17.6 Å². The van der Waals surface area contributed by atoms with Crippen molar-refractivity contribution in [1.29, 1.82) is 0 Å². The van der Waals surface area contributed by atoms with Crippen molar-refractivity contribution < 1.29 is 13.9 Å². The molecule has 3 rings (SSSR count). The zero-order valence-electron chi connectivity index (χ0n) is 12.1. The van der Waals surface area contributed by atoms with Gasteiger partial charge in [-0.1, -0.05) is 24.3 Å². The molecule has 2 aromatic carbocycles. The lowest BCUT2D eigenvalue weighted by molar-refractivity contribution is 0.150. The number of primary amides is 1. The highest BCUT2D eigenvalue weighted by Crippen LogP contribution is 2.14. The minimum Gasteiger partial charge on any atom is -0.445 e. The summed E-state index contributed by atoms with van der Waals surface area (Å²) in [5, 5.41) is 0. The number of H-pyrrole nitrogens is 1. The number of amides is 1. The van der Waals surface area contributed by atoms with Crippen LogP contribution in [-0.4, -0.2) is 15.6 Å². The number of rotatable bonds is 4. The Morgan fingerprint density at radius 2 is 1.87 bits per heavy atom. The van der Waals surface area contributed by atoms with Gasteiger partial charge in [0.2, 0.25) is 0 Å². The number of aromatic nitrogens is 2. The van der Waals surface area contributed by atoms with Crippen molar-refractivity contribution in [2.45, 2.75) is 13.2 Å². The van der Waals surface area contributed by atoms with E-state index in [2.05, 4.69) is 4.98 Å². The van der Waals surface area contributed by atoms with Gasteiger partial charge in [-0.05, 0) is 29.3 Å². The molecule has 0 atom stereocenters. The Labute approximate surface area is 130 Å². The van der Waals surface area contributed by atoms with Crippen molar-refractivity contribution in [3.05, 3.63) is 69.9 Å². The van der Waals surface area contributed by atoms with E-state index in [4.69, 9.17) is 10.5 Å². The molecule has 0 spiro atoms. The maximum Gasteiger partial charge on any atom is 0.404 e. The predicted octanol–water partition coefficient (Wildman–Crippen LogP) is 2.11. The molecule has 1 amide bonds. The topological polar surface area (TPSA) is 90.1 Å². The third-order valence-electron chi connectivity index (χ3n) is 3.48. The molecule has 3 aromatic rings. The molecule has 0 saturated heterocycles. The summed E-state index contributed by atoms with van der Waals surface area (Å²) >= 11 is 0. The molecule has 0 aliphatic rings. The van der Waals surface area contributed by atoms with E-state index in [1.165, 1.54) is 22.8 Å². The summed E-state index contributed by atoms with van der Waals surface area (Å²) in [5.41, 5.74) is 7.35. The number of fused-ring (bicyclic) bond motifs is 1. The standard InChI is InChI=1S/C16H14FN3O3/c17-12-5-6-13-14(7-12)20(16(22)19-13)8-10-1-3-11(4-2-10)9-23-15(18)21/h1-7H,8-9H2,(H2,18,21)(H,19,22). The van der Waals surface area contributed by atoms with Crippen LogP contribution in [0.2, 0.25) is 0 Å². The molecule has 0 unspecified atom stereocenters. The molecule has 1 aromatic heterocycles. The number of nitrogens with two attached hydrogens (primary N) is 1. The zero-order chi connectivity index (χ0) is 16.4. The largest absolute Gasteiger partial charge is 0.445 e. The number of halogens is 1. The number of carbonyl (C=O) groups is 1.